The lowest BCUT2D eigenvalue weighted by Gasteiger charge is -2.24. The predicted molar refractivity (Wildman–Crippen MR) is 113 cm³/mol. The molecule has 7 heteroatoms. The summed E-state index contributed by atoms with van der Waals surface area (Å²) < 4.78 is 37.6. The van der Waals surface area contributed by atoms with Gasteiger partial charge in [0.25, 0.3) is 10.3 Å². The zero-order chi connectivity index (χ0) is 20.1. The Kier molecular flexibility index (Phi) is 6.28. The number of rotatable bonds is 3. The van der Waals surface area contributed by atoms with Crippen LogP contribution < -0.4 is 14.4 Å². The van der Waals surface area contributed by atoms with Gasteiger partial charge in [0.15, 0.2) is 0 Å². The first-order chi connectivity index (χ1) is 13.4. The minimum absolute atomic E-state index is 0.00238. The van der Waals surface area contributed by atoms with E-state index in [0.717, 1.165) is 5.56 Å². The van der Waals surface area contributed by atoms with E-state index >= 15 is 0 Å². The lowest BCUT2D eigenvalue weighted by Crippen LogP contribution is -2.40. The summed E-state index contributed by atoms with van der Waals surface area (Å²) in [7, 11) is 0. The maximum Gasteiger partial charge on any atom is 0.277 e. The number of thiocarbonyl (C=S) groups is 2. The third-order valence-corrected chi connectivity index (χ3v) is 4.23. The molecule has 142 valence electrons. The molecule has 0 aliphatic carbocycles. The fraction of sp³-hybridized carbons (Fsp3) is 0.0476. The van der Waals surface area contributed by atoms with Crippen molar-refractivity contribution >= 4 is 40.5 Å². The van der Waals surface area contributed by atoms with E-state index in [1.165, 1.54) is 53.4 Å². The van der Waals surface area contributed by atoms with Crippen LogP contribution >= 0.6 is 24.4 Å². The third kappa shape index (κ3) is 5.09. The molecule has 0 saturated carbocycles. The molecule has 28 heavy (non-hydrogen) atoms. The van der Waals surface area contributed by atoms with Crippen LogP contribution in [0.3, 0.4) is 0 Å². The van der Waals surface area contributed by atoms with Gasteiger partial charge in [-0.25, -0.2) is 13.7 Å². The van der Waals surface area contributed by atoms with Crippen LogP contribution in [0, 0.1) is 18.6 Å². The fourth-order valence-electron chi connectivity index (χ4n) is 2.28. The topological polar surface area (TPSA) is 21.7 Å². The number of nitrogens with zero attached hydrogens (tertiary/aromatic N) is 1. The molecule has 3 aromatic carbocycles. The average Bonchev–Trinajstić information content (AvgIpc) is 2.67. The van der Waals surface area contributed by atoms with Gasteiger partial charge < -0.3 is 9.47 Å². The smallest absolute Gasteiger partial charge is 0.277 e. The molecule has 3 aromatic rings. The summed E-state index contributed by atoms with van der Waals surface area (Å²) >= 11 is 10.8. The minimum atomic E-state index is -0.385. The molecular formula is C21H15F2NO2S2. The Hall–Kier alpha value is -2.90. The first-order valence-corrected chi connectivity index (χ1v) is 9.05. The monoisotopic (exact) mass is 415 g/mol. The number of aryl methyl sites for hydroxylation is 1. The first-order valence-electron chi connectivity index (χ1n) is 8.24. The van der Waals surface area contributed by atoms with E-state index in [1.54, 1.807) is 0 Å². The maximum atomic E-state index is 13.1. The zero-order valence-electron chi connectivity index (χ0n) is 14.8. The van der Waals surface area contributed by atoms with E-state index in [0.29, 0.717) is 17.2 Å². The van der Waals surface area contributed by atoms with Gasteiger partial charge in [0.05, 0.1) is 5.69 Å². The molecule has 0 fully saturated rings. The second-order valence-corrected chi connectivity index (χ2v) is 6.51. The number of ether oxygens (including phenoxy) is 2. The van der Waals surface area contributed by atoms with Crippen LogP contribution in [-0.4, -0.2) is 10.3 Å². The summed E-state index contributed by atoms with van der Waals surface area (Å²) in [5.74, 6) is -0.0613. The molecule has 0 radical (unpaired) electrons. The highest BCUT2D eigenvalue weighted by Gasteiger charge is 2.21. The molecule has 0 unspecified atom stereocenters. The Morgan fingerprint density at radius 1 is 0.679 bits per heavy atom. The third-order valence-electron chi connectivity index (χ3n) is 3.69. The molecule has 0 bridgehead atoms. The Bertz CT molecular complexity index is 915. The van der Waals surface area contributed by atoms with E-state index < -0.39 is 0 Å². The van der Waals surface area contributed by atoms with Gasteiger partial charge in [-0.15, -0.1) is 0 Å². The van der Waals surface area contributed by atoms with E-state index in [2.05, 4.69) is 0 Å². The Balaban J connectivity index is 1.86. The molecule has 0 atom stereocenters. The Labute approximate surface area is 172 Å². The van der Waals surface area contributed by atoms with Crippen molar-refractivity contribution in [2.45, 2.75) is 6.92 Å². The molecule has 3 rings (SSSR count). The molecule has 0 spiro atoms. The summed E-state index contributed by atoms with van der Waals surface area (Å²) in [6.07, 6.45) is 0. The van der Waals surface area contributed by atoms with Crippen molar-refractivity contribution in [3.63, 3.8) is 0 Å². The van der Waals surface area contributed by atoms with Crippen LogP contribution in [0.2, 0.25) is 0 Å². The van der Waals surface area contributed by atoms with Gasteiger partial charge >= 0.3 is 0 Å². The van der Waals surface area contributed by atoms with Crippen LogP contribution in [0.1, 0.15) is 5.56 Å². The van der Waals surface area contributed by atoms with Crippen LogP contribution in [0.15, 0.2) is 72.8 Å². The number of anilines is 1. The standard InChI is InChI=1S/C21H15F2NO2S2/c1-14-2-8-17(9-3-14)24(20(27)25-18-10-4-15(22)5-11-18)21(28)26-19-12-6-16(23)7-13-19/h2-13H,1H3. The van der Waals surface area contributed by atoms with E-state index in [-0.39, 0.29) is 22.0 Å². The summed E-state index contributed by atoms with van der Waals surface area (Å²) in [6.45, 7) is 1.95. The van der Waals surface area contributed by atoms with Gasteiger partial charge in [-0.1, -0.05) is 17.7 Å². The minimum Gasteiger partial charge on any atom is -0.431 e. The lowest BCUT2D eigenvalue weighted by atomic mass is 10.2. The Morgan fingerprint density at radius 2 is 1.07 bits per heavy atom. The number of halogens is 2. The van der Waals surface area contributed by atoms with Crippen molar-refractivity contribution < 1.29 is 18.3 Å². The van der Waals surface area contributed by atoms with Crippen molar-refractivity contribution in [1.82, 2.24) is 0 Å². The Morgan fingerprint density at radius 3 is 1.46 bits per heavy atom. The number of hydrogen-bond acceptors (Lipinski definition) is 4. The van der Waals surface area contributed by atoms with E-state index in [9.17, 15) is 8.78 Å². The van der Waals surface area contributed by atoms with Crippen LogP contribution in [0.25, 0.3) is 0 Å². The lowest BCUT2D eigenvalue weighted by molar-refractivity contribution is 0.527. The fourth-order valence-corrected chi connectivity index (χ4v) is 2.90. The van der Waals surface area contributed by atoms with Gasteiger partial charge in [0.2, 0.25) is 0 Å². The quantitative estimate of drug-likeness (QED) is 0.502. The molecule has 0 saturated heterocycles. The summed E-state index contributed by atoms with van der Waals surface area (Å²) in [5, 5.41) is 0.00476. The van der Waals surface area contributed by atoms with E-state index in [1.807, 2.05) is 31.2 Å². The van der Waals surface area contributed by atoms with Gasteiger partial charge in [-0.2, -0.15) is 0 Å². The highest BCUT2D eigenvalue weighted by Crippen LogP contribution is 2.22. The van der Waals surface area contributed by atoms with Gasteiger partial charge in [-0.3, -0.25) is 0 Å². The first kappa shape index (κ1) is 19.9. The summed E-state index contributed by atoms with van der Waals surface area (Å²) in [5.41, 5.74) is 1.68. The second-order valence-electron chi connectivity index (χ2n) is 5.81. The van der Waals surface area contributed by atoms with Gasteiger partial charge in [0, 0.05) is 0 Å². The molecule has 3 nitrogen and oxygen atoms in total. The molecule has 0 N–H and O–H groups in total. The largest absolute Gasteiger partial charge is 0.431 e. The molecule has 0 aromatic heterocycles. The number of benzene rings is 3. The molecule has 0 aliphatic rings. The average molecular weight is 415 g/mol. The van der Waals surface area contributed by atoms with E-state index in [4.69, 9.17) is 33.9 Å². The second kappa shape index (κ2) is 8.86. The molecule has 0 amide bonds. The molecule has 0 heterocycles. The van der Waals surface area contributed by atoms with Crippen molar-refractivity contribution in [1.29, 1.82) is 0 Å². The van der Waals surface area contributed by atoms with Gasteiger partial charge in [-0.05, 0) is 92.0 Å². The molecule has 0 aliphatic heterocycles. The highest BCUT2D eigenvalue weighted by molar-refractivity contribution is 7.82. The predicted octanol–water partition coefficient (Wildman–Crippen LogP) is 5.81. The normalized spacial score (nSPS) is 10.2. The maximum absolute atomic E-state index is 13.1. The summed E-state index contributed by atoms with van der Waals surface area (Å²) in [4.78, 5) is 1.43. The SMILES string of the molecule is Cc1ccc(N(C(=S)Oc2ccc(F)cc2)C(=S)Oc2ccc(F)cc2)cc1. The van der Waals surface area contributed by atoms with Crippen LogP contribution in [0.4, 0.5) is 14.5 Å². The zero-order valence-corrected chi connectivity index (χ0v) is 16.4. The highest BCUT2D eigenvalue weighted by atomic mass is 32.1. The van der Waals surface area contributed by atoms with Gasteiger partial charge in [0.1, 0.15) is 23.1 Å². The van der Waals surface area contributed by atoms with Crippen molar-refractivity contribution in [2.24, 2.45) is 0 Å². The molecular weight excluding hydrogens is 400 g/mol. The number of hydrogen-bond donors (Lipinski definition) is 0. The van der Waals surface area contributed by atoms with Crippen molar-refractivity contribution in [3.05, 3.63) is 90.0 Å². The van der Waals surface area contributed by atoms with Crippen molar-refractivity contribution in [3.8, 4) is 11.5 Å². The summed E-state index contributed by atoms with van der Waals surface area (Å²) in [6, 6.07) is 18.3. The van der Waals surface area contributed by atoms with Crippen LogP contribution in [0.5, 0.6) is 11.5 Å². The van der Waals surface area contributed by atoms with Crippen LogP contribution in [-0.2, 0) is 0 Å². The van der Waals surface area contributed by atoms with Crippen molar-refractivity contribution in [2.75, 3.05) is 4.90 Å².